The van der Waals surface area contributed by atoms with Crippen molar-refractivity contribution in [1.29, 1.82) is 0 Å². The van der Waals surface area contributed by atoms with Gasteiger partial charge in [0.15, 0.2) is 0 Å². The Kier molecular flexibility index (Phi) is 6.42. The standard InChI is InChI=1S/C18H14N4O5S2/c23-15(24)8-7-13-16(25)22(18(28)21-20-13)19-10-11-3-5-12(6-4-11)27-17(26)14-2-1-9-29-14/h1-6,9-10H,7-8H2,(H,21,28)(H,23,24)/b19-10-. The first-order chi connectivity index (χ1) is 13.9. The topological polar surface area (TPSA) is 127 Å². The Bertz CT molecular complexity index is 1160. The van der Waals surface area contributed by atoms with E-state index in [-0.39, 0.29) is 23.3 Å². The van der Waals surface area contributed by atoms with E-state index < -0.39 is 17.5 Å². The van der Waals surface area contributed by atoms with Gasteiger partial charge in [0.2, 0.25) is 4.77 Å². The number of esters is 1. The highest BCUT2D eigenvalue weighted by atomic mass is 32.1. The molecule has 0 saturated heterocycles. The van der Waals surface area contributed by atoms with Crippen LogP contribution in [0, 0.1) is 4.77 Å². The molecule has 29 heavy (non-hydrogen) atoms. The van der Waals surface area contributed by atoms with Crippen LogP contribution in [0.3, 0.4) is 0 Å². The van der Waals surface area contributed by atoms with Gasteiger partial charge in [0.1, 0.15) is 16.3 Å². The average Bonchev–Trinajstić information content (AvgIpc) is 3.23. The number of carbonyl (C=O) groups is 2. The average molecular weight is 430 g/mol. The molecule has 0 unspecified atom stereocenters. The molecule has 11 heteroatoms. The normalized spacial score (nSPS) is 10.9. The predicted octanol–water partition coefficient (Wildman–Crippen LogP) is 2.48. The number of nitrogens with zero attached hydrogens (tertiary/aromatic N) is 3. The molecule has 3 rings (SSSR count). The summed E-state index contributed by atoms with van der Waals surface area (Å²) in [5.74, 6) is -1.11. The number of aliphatic carboxylic acids is 1. The minimum atomic E-state index is -1.04. The molecule has 0 aliphatic heterocycles. The minimum Gasteiger partial charge on any atom is -0.481 e. The number of hydrogen-bond donors (Lipinski definition) is 2. The first kappa shape index (κ1) is 20.3. The summed E-state index contributed by atoms with van der Waals surface area (Å²) in [5.41, 5.74) is 0.0628. The van der Waals surface area contributed by atoms with Gasteiger partial charge in [-0.2, -0.15) is 14.9 Å². The van der Waals surface area contributed by atoms with E-state index in [2.05, 4.69) is 15.3 Å². The summed E-state index contributed by atoms with van der Waals surface area (Å²) in [5, 5.41) is 20.8. The molecular formula is C18H14N4O5S2. The zero-order valence-corrected chi connectivity index (χ0v) is 16.4. The quantitative estimate of drug-likeness (QED) is 0.255. The molecule has 0 saturated carbocycles. The molecule has 2 aromatic heterocycles. The van der Waals surface area contributed by atoms with E-state index in [1.165, 1.54) is 17.6 Å². The number of hydrogen-bond acceptors (Lipinski definition) is 8. The van der Waals surface area contributed by atoms with Crippen LogP contribution in [-0.2, 0) is 11.2 Å². The molecule has 0 atom stereocenters. The number of nitrogens with one attached hydrogen (secondary N) is 1. The number of aromatic amines is 1. The number of aryl methyl sites for hydroxylation is 1. The molecule has 1 aromatic carbocycles. The first-order valence-corrected chi connectivity index (χ1v) is 9.55. The van der Waals surface area contributed by atoms with Gasteiger partial charge in [0, 0.05) is 6.42 Å². The summed E-state index contributed by atoms with van der Waals surface area (Å²) in [6.07, 6.45) is 1.12. The maximum atomic E-state index is 12.4. The van der Waals surface area contributed by atoms with E-state index >= 15 is 0 Å². The van der Waals surface area contributed by atoms with Crippen LogP contribution in [0.5, 0.6) is 5.75 Å². The lowest BCUT2D eigenvalue weighted by molar-refractivity contribution is -0.137. The van der Waals surface area contributed by atoms with Crippen LogP contribution in [0.25, 0.3) is 0 Å². The van der Waals surface area contributed by atoms with Crippen LogP contribution in [0.2, 0.25) is 0 Å². The Balaban J connectivity index is 1.74. The van der Waals surface area contributed by atoms with Crippen LogP contribution in [0.4, 0.5) is 0 Å². The highest BCUT2D eigenvalue weighted by molar-refractivity contribution is 7.71. The number of ether oxygens (including phenoxy) is 1. The Morgan fingerprint density at radius 3 is 2.72 bits per heavy atom. The maximum Gasteiger partial charge on any atom is 0.353 e. The molecule has 9 nitrogen and oxygen atoms in total. The summed E-state index contributed by atoms with van der Waals surface area (Å²) in [6, 6.07) is 9.95. The SMILES string of the molecule is O=C(O)CCc1n[nH]c(=S)n(/N=C\c2ccc(OC(=O)c3cccs3)cc2)c1=O. The van der Waals surface area contributed by atoms with Crippen molar-refractivity contribution >= 4 is 41.7 Å². The highest BCUT2D eigenvalue weighted by Crippen LogP contribution is 2.16. The molecule has 0 aliphatic carbocycles. The van der Waals surface area contributed by atoms with Crippen molar-refractivity contribution in [1.82, 2.24) is 14.9 Å². The van der Waals surface area contributed by atoms with E-state index in [0.29, 0.717) is 16.2 Å². The van der Waals surface area contributed by atoms with Gasteiger partial charge in [-0.3, -0.25) is 14.7 Å². The molecular weight excluding hydrogens is 416 g/mol. The molecule has 2 N–H and O–H groups in total. The molecule has 0 amide bonds. The van der Waals surface area contributed by atoms with Gasteiger partial charge in [0.25, 0.3) is 5.56 Å². The number of carboxylic acid groups (broad SMARTS) is 1. The van der Waals surface area contributed by atoms with Gasteiger partial charge in [0.05, 0.1) is 12.6 Å². The van der Waals surface area contributed by atoms with Crippen molar-refractivity contribution in [2.75, 3.05) is 0 Å². The van der Waals surface area contributed by atoms with Crippen molar-refractivity contribution in [2.24, 2.45) is 5.10 Å². The smallest absolute Gasteiger partial charge is 0.353 e. The fourth-order valence-corrected chi connectivity index (χ4v) is 2.99. The number of thiophene rings is 1. The Morgan fingerprint density at radius 1 is 1.31 bits per heavy atom. The highest BCUT2D eigenvalue weighted by Gasteiger charge is 2.10. The molecule has 2 heterocycles. The summed E-state index contributed by atoms with van der Waals surface area (Å²) in [6.45, 7) is 0. The number of carbonyl (C=O) groups excluding carboxylic acids is 1. The van der Waals surface area contributed by atoms with Crippen molar-refractivity contribution in [3.05, 3.63) is 73.0 Å². The first-order valence-electron chi connectivity index (χ1n) is 8.26. The molecule has 0 bridgehead atoms. The number of rotatable bonds is 7. The van der Waals surface area contributed by atoms with Gasteiger partial charge in [-0.15, -0.1) is 11.3 Å². The number of H-pyrrole nitrogens is 1. The molecule has 3 aromatic rings. The lowest BCUT2D eigenvalue weighted by Gasteiger charge is -2.03. The molecule has 0 radical (unpaired) electrons. The van der Waals surface area contributed by atoms with Crippen LogP contribution in [0.1, 0.15) is 27.3 Å². The predicted molar refractivity (Wildman–Crippen MR) is 108 cm³/mol. The Morgan fingerprint density at radius 2 is 2.07 bits per heavy atom. The van der Waals surface area contributed by atoms with Crippen molar-refractivity contribution < 1.29 is 19.4 Å². The van der Waals surface area contributed by atoms with E-state index in [1.807, 2.05) is 0 Å². The second-order valence-corrected chi connectivity index (χ2v) is 7.00. The third-order valence-electron chi connectivity index (χ3n) is 3.63. The van der Waals surface area contributed by atoms with E-state index in [1.54, 1.807) is 41.8 Å². The largest absolute Gasteiger partial charge is 0.481 e. The molecule has 0 spiro atoms. The van der Waals surface area contributed by atoms with Gasteiger partial charge in [-0.1, -0.05) is 6.07 Å². The lowest BCUT2D eigenvalue weighted by Crippen LogP contribution is -2.25. The maximum absolute atomic E-state index is 12.4. The van der Waals surface area contributed by atoms with Gasteiger partial charge < -0.3 is 9.84 Å². The van der Waals surface area contributed by atoms with E-state index in [9.17, 15) is 14.4 Å². The van der Waals surface area contributed by atoms with E-state index in [0.717, 1.165) is 4.68 Å². The third kappa shape index (κ3) is 5.30. The van der Waals surface area contributed by atoms with Crippen molar-refractivity contribution in [3.8, 4) is 5.75 Å². The summed E-state index contributed by atoms with van der Waals surface area (Å²) >= 11 is 6.31. The molecule has 0 fully saturated rings. The summed E-state index contributed by atoms with van der Waals surface area (Å²) in [7, 11) is 0. The lowest BCUT2D eigenvalue weighted by atomic mass is 10.2. The zero-order valence-electron chi connectivity index (χ0n) is 14.8. The Hall–Kier alpha value is -3.44. The second kappa shape index (κ2) is 9.17. The zero-order chi connectivity index (χ0) is 20.8. The fourth-order valence-electron chi connectivity index (χ4n) is 2.22. The van der Waals surface area contributed by atoms with E-state index in [4.69, 9.17) is 22.1 Å². The van der Waals surface area contributed by atoms with Crippen LogP contribution >= 0.6 is 23.6 Å². The van der Waals surface area contributed by atoms with Gasteiger partial charge >= 0.3 is 11.9 Å². The van der Waals surface area contributed by atoms with Gasteiger partial charge in [-0.25, -0.2) is 4.79 Å². The van der Waals surface area contributed by atoms with Crippen LogP contribution < -0.4 is 10.3 Å². The van der Waals surface area contributed by atoms with Gasteiger partial charge in [-0.05, 0) is 53.5 Å². The van der Waals surface area contributed by atoms with Crippen molar-refractivity contribution in [3.63, 3.8) is 0 Å². The van der Waals surface area contributed by atoms with Crippen LogP contribution in [0.15, 0.2) is 51.7 Å². The minimum absolute atomic E-state index is 0.0215. The fraction of sp³-hybridized carbons (Fsp3) is 0.111. The van der Waals surface area contributed by atoms with Crippen molar-refractivity contribution in [2.45, 2.75) is 12.8 Å². The number of carboxylic acids is 1. The summed E-state index contributed by atoms with van der Waals surface area (Å²) < 4.78 is 6.18. The molecule has 148 valence electrons. The molecule has 0 aliphatic rings. The summed E-state index contributed by atoms with van der Waals surface area (Å²) in [4.78, 5) is 35.5. The number of aromatic nitrogens is 3. The third-order valence-corrected chi connectivity index (χ3v) is 4.74. The monoisotopic (exact) mass is 430 g/mol. The van der Waals surface area contributed by atoms with Crippen LogP contribution in [-0.4, -0.2) is 38.1 Å². The number of benzene rings is 1. The second-order valence-electron chi connectivity index (χ2n) is 5.67. The Labute approximate surface area is 172 Å².